The number of ether oxygens (including phenoxy) is 2. The first kappa shape index (κ1) is 44.4. The second-order valence-electron chi connectivity index (χ2n) is 18.5. The lowest BCUT2D eigenvalue weighted by Crippen LogP contribution is -2.58. The highest BCUT2D eigenvalue weighted by Crippen LogP contribution is 2.42. The van der Waals surface area contributed by atoms with Crippen LogP contribution in [-0.4, -0.2) is 119 Å². The number of likely N-dealkylation sites (tertiary alicyclic amines) is 1. The summed E-state index contributed by atoms with van der Waals surface area (Å²) >= 11 is 1.46. The fraction of sp³-hybridized carbons (Fsp3) is 0.574. The molecule has 6 heterocycles. The van der Waals surface area contributed by atoms with Crippen LogP contribution in [0.2, 0.25) is 0 Å². The van der Waals surface area contributed by atoms with Gasteiger partial charge < -0.3 is 34.1 Å². The molecule has 3 aromatic heterocycles. The van der Waals surface area contributed by atoms with E-state index in [2.05, 4.69) is 59.8 Å². The number of aryl methyl sites for hydroxylation is 1. The molecule has 4 aromatic rings. The highest BCUT2D eigenvalue weighted by atomic mass is 32.1. The molecule has 328 valence electrons. The molecule has 61 heavy (non-hydrogen) atoms. The number of nitrogens with zero attached hydrogens (tertiary/aromatic N) is 6. The molecular formula is C47H63N7O6S. The molecule has 2 saturated heterocycles. The van der Waals surface area contributed by atoms with E-state index in [-0.39, 0.29) is 61.2 Å². The molecule has 1 N–H and O–H groups in total. The third kappa shape index (κ3) is 9.27. The van der Waals surface area contributed by atoms with Gasteiger partial charge in [-0.15, -0.1) is 11.3 Å². The molecule has 5 atom stereocenters. The molecule has 0 spiro atoms. The van der Waals surface area contributed by atoms with E-state index in [9.17, 15) is 19.2 Å². The first-order chi connectivity index (χ1) is 29.1. The molecule has 14 heteroatoms. The molecule has 7 rings (SSSR count). The third-order valence-corrected chi connectivity index (χ3v) is 13.8. The smallest absolute Gasteiger partial charge is 0.310 e. The highest BCUT2D eigenvalue weighted by Gasteiger charge is 2.40. The number of fused-ring (bicyclic) bond motifs is 6. The molecular weight excluding hydrogens is 791 g/mol. The maximum absolute atomic E-state index is 14.6. The van der Waals surface area contributed by atoms with Crippen molar-refractivity contribution in [2.45, 2.75) is 98.4 Å². The molecule has 3 amide bonds. The standard InChI is InChI=1S/C47H63N7O6S/c1-10-54-38-16-15-30-21-34(38)35(42(54)33-14-11-18-48-40(33)29(4)59-9)23-47(5,6)27-60-46(58)32-13-12-19-53(25-32)45(57)36(22-39-49-37(30)26-61-39)50-43(55)41(28(2)3)52(8)44(56)31-17-20-51(7)24-31/h11,14-16,18,21,26,28-29,31-32,36,41H,10,12-13,17,19-20,22-25,27H2,1-9H3,(H,50,55). The number of carbonyl (C=O) groups is 4. The highest BCUT2D eigenvalue weighted by molar-refractivity contribution is 7.10. The molecule has 3 aliphatic heterocycles. The zero-order valence-corrected chi connectivity index (χ0v) is 38.1. The van der Waals surface area contributed by atoms with Crippen molar-refractivity contribution in [2.75, 3.05) is 54.0 Å². The molecule has 0 saturated carbocycles. The van der Waals surface area contributed by atoms with Crippen molar-refractivity contribution in [3.63, 3.8) is 0 Å². The minimum Gasteiger partial charge on any atom is -0.465 e. The van der Waals surface area contributed by atoms with Crippen LogP contribution < -0.4 is 5.32 Å². The lowest BCUT2D eigenvalue weighted by atomic mass is 9.84. The number of carbonyl (C=O) groups excluding carboxylic acids is 4. The number of benzene rings is 1. The van der Waals surface area contributed by atoms with Crippen LogP contribution in [0, 0.1) is 23.2 Å². The van der Waals surface area contributed by atoms with Gasteiger partial charge >= 0.3 is 5.97 Å². The number of rotatable bonds is 9. The van der Waals surface area contributed by atoms with Crippen molar-refractivity contribution in [3.8, 4) is 22.5 Å². The van der Waals surface area contributed by atoms with Gasteiger partial charge in [0, 0.05) is 85.8 Å². The summed E-state index contributed by atoms with van der Waals surface area (Å²) in [6.45, 7) is 15.3. The Morgan fingerprint density at radius 3 is 2.61 bits per heavy atom. The summed E-state index contributed by atoms with van der Waals surface area (Å²) in [4.78, 5) is 71.8. The first-order valence-corrected chi connectivity index (χ1v) is 22.8. The second kappa shape index (κ2) is 18.4. The average Bonchev–Trinajstić information content (AvgIpc) is 3.98. The minimum atomic E-state index is -0.958. The van der Waals surface area contributed by atoms with Gasteiger partial charge in [0.1, 0.15) is 12.1 Å². The molecule has 3 aliphatic rings. The fourth-order valence-corrected chi connectivity index (χ4v) is 10.5. The van der Waals surface area contributed by atoms with E-state index >= 15 is 0 Å². The van der Waals surface area contributed by atoms with E-state index < -0.39 is 23.4 Å². The van der Waals surface area contributed by atoms with Crippen LogP contribution in [0.1, 0.15) is 83.2 Å². The van der Waals surface area contributed by atoms with Gasteiger partial charge in [-0.25, -0.2) is 4.98 Å². The van der Waals surface area contributed by atoms with Crippen molar-refractivity contribution < 1.29 is 28.7 Å². The van der Waals surface area contributed by atoms with E-state index in [4.69, 9.17) is 19.4 Å². The first-order valence-electron chi connectivity index (χ1n) is 21.9. The average molecular weight is 854 g/mol. The Morgan fingerprint density at radius 1 is 1.11 bits per heavy atom. The van der Waals surface area contributed by atoms with Gasteiger partial charge in [0.05, 0.1) is 46.6 Å². The van der Waals surface area contributed by atoms with Crippen molar-refractivity contribution in [2.24, 2.45) is 23.2 Å². The number of amides is 3. The molecule has 1 aromatic carbocycles. The van der Waals surface area contributed by atoms with Crippen molar-refractivity contribution >= 4 is 45.9 Å². The van der Waals surface area contributed by atoms with Gasteiger partial charge in [0.25, 0.3) is 0 Å². The summed E-state index contributed by atoms with van der Waals surface area (Å²) in [5.41, 5.74) is 6.38. The number of thiazole rings is 1. The predicted octanol–water partition coefficient (Wildman–Crippen LogP) is 6.38. The molecule has 2 fully saturated rings. The summed E-state index contributed by atoms with van der Waals surface area (Å²) in [5.74, 6) is -1.92. The molecule has 5 unspecified atom stereocenters. The van der Waals surface area contributed by atoms with Crippen LogP contribution in [0.25, 0.3) is 33.4 Å². The van der Waals surface area contributed by atoms with Crippen molar-refractivity contribution in [1.82, 2.24) is 34.6 Å². The number of likely N-dealkylation sites (N-methyl/N-ethyl adjacent to an activating group) is 1. The number of piperidine rings is 1. The zero-order chi connectivity index (χ0) is 43.7. The Hall–Kier alpha value is -4.66. The molecule has 13 nitrogen and oxygen atoms in total. The van der Waals surface area contributed by atoms with Crippen LogP contribution in [-0.2, 0) is 48.0 Å². The normalized spacial score (nSPS) is 22.2. The van der Waals surface area contributed by atoms with Gasteiger partial charge in [0.15, 0.2) is 0 Å². The largest absolute Gasteiger partial charge is 0.465 e. The van der Waals surface area contributed by atoms with Crippen LogP contribution in [0.4, 0.5) is 0 Å². The number of aromatic nitrogens is 3. The maximum Gasteiger partial charge on any atom is 0.310 e. The van der Waals surface area contributed by atoms with Crippen LogP contribution in [0.15, 0.2) is 41.9 Å². The van der Waals surface area contributed by atoms with E-state index in [1.165, 1.54) is 11.3 Å². The van der Waals surface area contributed by atoms with Gasteiger partial charge in [-0.1, -0.05) is 33.8 Å². The monoisotopic (exact) mass is 853 g/mol. The molecule has 6 bridgehead atoms. The van der Waals surface area contributed by atoms with E-state index in [0.29, 0.717) is 37.4 Å². The Labute approximate surface area is 364 Å². The van der Waals surface area contributed by atoms with Crippen LogP contribution in [0.3, 0.4) is 0 Å². The SMILES string of the molecule is CCn1c(-c2cccnc2C(C)OC)c2c3cc(ccc31)-c1csc(n1)CC(NC(=O)C(C(C)C)N(C)C(=O)C1CCN(C)C1)C(=O)N1CCCC(C1)C(=O)OCC(C)(C)C2. The van der Waals surface area contributed by atoms with Gasteiger partial charge in [0.2, 0.25) is 17.7 Å². The van der Waals surface area contributed by atoms with Crippen LogP contribution >= 0.6 is 11.3 Å². The van der Waals surface area contributed by atoms with Gasteiger partial charge in [-0.3, -0.25) is 24.2 Å². The Balaban J connectivity index is 1.30. The second-order valence-corrected chi connectivity index (χ2v) is 19.4. The number of nitrogens with one attached hydrogen (secondary N) is 1. The number of pyridine rings is 1. The van der Waals surface area contributed by atoms with E-state index in [0.717, 1.165) is 64.2 Å². The topological polar surface area (TPSA) is 139 Å². The fourth-order valence-electron chi connectivity index (χ4n) is 9.61. The van der Waals surface area contributed by atoms with E-state index in [1.807, 2.05) is 39.3 Å². The maximum atomic E-state index is 14.6. The number of esters is 1. The number of hydrogen-bond donors (Lipinski definition) is 1. The van der Waals surface area contributed by atoms with Crippen LogP contribution in [0.5, 0.6) is 0 Å². The zero-order valence-electron chi connectivity index (χ0n) is 37.3. The minimum absolute atomic E-state index is 0.0636. The summed E-state index contributed by atoms with van der Waals surface area (Å²) in [6, 6.07) is 8.78. The Morgan fingerprint density at radius 2 is 1.90 bits per heavy atom. The van der Waals surface area contributed by atoms with Gasteiger partial charge in [-0.2, -0.15) is 0 Å². The van der Waals surface area contributed by atoms with E-state index in [1.54, 1.807) is 30.2 Å². The lowest BCUT2D eigenvalue weighted by molar-refractivity contribution is -0.155. The molecule has 0 radical (unpaired) electrons. The summed E-state index contributed by atoms with van der Waals surface area (Å²) < 4.78 is 14.3. The summed E-state index contributed by atoms with van der Waals surface area (Å²) in [6.07, 6.45) is 4.33. The number of hydrogen-bond acceptors (Lipinski definition) is 10. The predicted molar refractivity (Wildman–Crippen MR) is 238 cm³/mol. The lowest BCUT2D eigenvalue weighted by Gasteiger charge is -2.36. The van der Waals surface area contributed by atoms with Crippen molar-refractivity contribution in [3.05, 3.63) is 58.2 Å². The summed E-state index contributed by atoms with van der Waals surface area (Å²) in [5, 5.41) is 6.89. The Bertz CT molecular complexity index is 2270. The Kier molecular flexibility index (Phi) is 13.4. The summed E-state index contributed by atoms with van der Waals surface area (Å²) in [7, 11) is 5.39. The number of cyclic esters (lactones) is 1. The van der Waals surface area contributed by atoms with Gasteiger partial charge in [-0.05, 0) is 88.9 Å². The van der Waals surface area contributed by atoms with Crippen molar-refractivity contribution in [1.29, 1.82) is 0 Å². The third-order valence-electron chi connectivity index (χ3n) is 12.9. The number of methoxy groups -OCH3 is 1. The molecule has 0 aliphatic carbocycles. The quantitative estimate of drug-likeness (QED) is 0.190.